The van der Waals surface area contributed by atoms with Gasteiger partial charge in [0.25, 0.3) is 0 Å². The molecule has 1 aromatic rings. The molecule has 1 aromatic carbocycles. The Kier molecular flexibility index (Phi) is 12.6. The second kappa shape index (κ2) is 14.6. The monoisotopic (exact) mass is 520 g/mol. The van der Waals surface area contributed by atoms with Crippen LogP contribution in [0.1, 0.15) is 83.0 Å². The van der Waals surface area contributed by atoms with E-state index in [1.54, 1.807) is 32.9 Å². The molecule has 3 unspecified atom stereocenters. The molecule has 0 radical (unpaired) electrons. The number of benzene rings is 1. The van der Waals surface area contributed by atoms with E-state index in [1.807, 2.05) is 33.8 Å². The average Bonchev–Trinajstić information content (AvgIpc) is 2.77. The highest BCUT2D eigenvalue weighted by molar-refractivity contribution is 5.92. The summed E-state index contributed by atoms with van der Waals surface area (Å²) < 4.78 is 5.31. The summed E-state index contributed by atoms with van der Waals surface area (Å²) in [5.74, 6) is -1.68. The van der Waals surface area contributed by atoms with Crippen LogP contribution in [0.5, 0.6) is 0 Å². The maximum absolute atomic E-state index is 13.9. The predicted molar refractivity (Wildman–Crippen MR) is 142 cm³/mol. The first-order chi connectivity index (χ1) is 17.2. The van der Waals surface area contributed by atoms with E-state index in [2.05, 4.69) is 10.6 Å². The summed E-state index contributed by atoms with van der Waals surface area (Å²) in [6.45, 7) is 12.1. The summed E-state index contributed by atoms with van der Waals surface area (Å²) in [6, 6.07) is 3.07. The number of amides is 4. The number of carbonyl (C=O) groups is 4. The third-order valence-electron chi connectivity index (χ3n) is 5.90. The summed E-state index contributed by atoms with van der Waals surface area (Å²) >= 11 is 0. The molecule has 0 aromatic heterocycles. The van der Waals surface area contributed by atoms with Gasteiger partial charge in [-0.15, -0.1) is 0 Å². The van der Waals surface area contributed by atoms with Crippen molar-refractivity contribution in [2.45, 2.75) is 97.9 Å². The Bertz CT molecular complexity index is 943. The van der Waals surface area contributed by atoms with E-state index in [4.69, 9.17) is 10.5 Å². The standard InChI is InChI=1S/C27H44N4O6/c1-8-10-18(3)29-24(34)23(20-12-9-11-17(2)19(20)4)31(15-16-32)25(35)21(13-14-22(28)33)30-26(36)37-27(5,6)7/h9,11-12,18,21,23,32H,8,10,13-16H2,1-7H3,(H2,28,33)(H,29,34)(H,30,36). The summed E-state index contributed by atoms with van der Waals surface area (Å²) in [5.41, 5.74) is 6.87. The van der Waals surface area contributed by atoms with Crippen molar-refractivity contribution in [3.05, 3.63) is 34.9 Å². The lowest BCUT2D eigenvalue weighted by Gasteiger charge is -2.35. The number of ether oxygens (including phenoxy) is 1. The highest BCUT2D eigenvalue weighted by Crippen LogP contribution is 2.28. The van der Waals surface area contributed by atoms with Crippen LogP contribution < -0.4 is 16.4 Å². The van der Waals surface area contributed by atoms with E-state index < -0.39 is 48.1 Å². The van der Waals surface area contributed by atoms with Gasteiger partial charge in [-0.3, -0.25) is 14.4 Å². The van der Waals surface area contributed by atoms with Gasteiger partial charge in [-0.1, -0.05) is 31.5 Å². The molecule has 0 spiro atoms. The Morgan fingerprint density at radius 2 is 1.76 bits per heavy atom. The second-order valence-corrected chi connectivity index (χ2v) is 10.3. The van der Waals surface area contributed by atoms with Crippen molar-refractivity contribution in [2.24, 2.45) is 5.73 Å². The zero-order valence-electron chi connectivity index (χ0n) is 23.2. The molecule has 0 heterocycles. The number of nitrogens with zero attached hydrogens (tertiary/aromatic N) is 1. The van der Waals surface area contributed by atoms with Gasteiger partial charge in [0.15, 0.2) is 0 Å². The van der Waals surface area contributed by atoms with Gasteiger partial charge in [0.1, 0.15) is 17.7 Å². The van der Waals surface area contributed by atoms with Crippen molar-refractivity contribution in [2.75, 3.05) is 13.2 Å². The number of alkyl carbamates (subject to hydrolysis) is 1. The molecule has 208 valence electrons. The highest BCUT2D eigenvalue weighted by Gasteiger charge is 2.37. The fraction of sp³-hybridized carbons (Fsp3) is 0.630. The quantitative estimate of drug-likeness (QED) is 0.314. The molecule has 3 atom stereocenters. The van der Waals surface area contributed by atoms with Crippen LogP contribution in [0, 0.1) is 13.8 Å². The SMILES string of the molecule is CCCC(C)NC(=O)C(c1cccc(C)c1C)N(CCO)C(=O)C(CCC(N)=O)NC(=O)OC(C)(C)C. The Balaban J connectivity index is 3.53. The van der Waals surface area contributed by atoms with E-state index in [0.717, 1.165) is 24.0 Å². The fourth-order valence-corrected chi connectivity index (χ4v) is 4.02. The van der Waals surface area contributed by atoms with Crippen molar-refractivity contribution >= 4 is 23.8 Å². The maximum atomic E-state index is 13.9. The van der Waals surface area contributed by atoms with Gasteiger partial charge in [-0.05, 0) is 71.1 Å². The van der Waals surface area contributed by atoms with Crippen molar-refractivity contribution in [1.29, 1.82) is 0 Å². The van der Waals surface area contributed by atoms with Gasteiger partial charge in [-0.2, -0.15) is 0 Å². The van der Waals surface area contributed by atoms with Crippen LogP contribution in [0.15, 0.2) is 18.2 Å². The second-order valence-electron chi connectivity index (χ2n) is 10.3. The topological polar surface area (TPSA) is 151 Å². The summed E-state index contributed by atoms with van der Waals surface area (Å²) in [6.07, 6.45) is 0.504. The lowest BCUT2D eigenvalue weighted by atomic mass is 9.94. The van der Waals surface area contributed by atoms with Crippen molar-refractivity contribution in [3.63, 3.8) is 0 Å². The molecular formula is C27H44N4O6. The molecule has 0 saturated carbocycles. The number of aliphatic hydroxyl groups excluding tert-OH is 1. The van der Waals surface area contributed by atoms with Crippen LogP contribution in [-0.2, 0) is 19.1 Å². The van der Waals surface area contributed by atoms with Gasteiger partial charge < -0.3 is 31.1 Å². The minimum atomic E-state index is -1.21. The third-order valence-corrected chi connectivity index (χ3v) is 5.90. The first-order valence-corrected chi connectivity index (χ1v) is 12.8. The summed E-state index contributed by atoms with van der Waals surface area (Å²) in [4.78, 5) is 52.8. The molecule has 0 aliphatic rings. The number of nitrogens with two attached hydrogens (primary N) is 1. The van der Waals surface area contributed by atoms with Crippen LogP contribution in [-0.4, -0.2) is 64.7 Å². The smallest absolute Gasteiger partial charge is 0.408 e. The van der Waals surface area contributed by atoms with E-state index in [-0.39, 0.29) is 25.4 Å². The number of hydrogen-bond donors (Lipinski definition) is 4. The van der Waals surface area contributed by atoms with E-state index in [0.29, 0.717) is 5.56 Å². The van der Waals surface area contributed by atoms with Crippen LogP contribution in [0.3, 0.4) is 0 Å². The number of aryl methyl sites for hydroxylation is 1. The van der Waals surface area contributed by atoms with Crippen LogP contribution in [0.4, 0.5) is 4.79 Å². The number of aliphatic hydroxyl groups is 1. The average molecular weight is 521 g/mol. The maximum Gasteiger partial charge on any atom is 0.408 e. The largest absolute Gasteiger partial charge is 0.444 e. The molecular weight excluding hydrogens is 476 g/mol. The van der Waals surface area contributed by atoms with Gasteiger partial charge in [0, 0.05) is 19.0 Å². The number of carbonyl (C=O) groups excluding carboxylic acids is 4. The molecule has 0 bridgehead atoms. The van der Waals surface area contributed by atoms with Gasteiger partial charge in [-0.25, -0.2) is 4.79 Å². The van der Waals surface area contributed by atoms with Crippen LogP contribution in [0.2, 0.25) is 0 Å². The van der Waals surface area contributed by atoms with Crippen molar-refractivity contribution in [1.82, 2.24) is 15.5 Å². The van der Waals surface area contributed by atoms with E-state index >= 15 is 0 Å². The minimum absolute atomic E-state index is 0.0945. The number of hydrogen-bond acceptors (Lipinski definition) is 6. The Morgan fingerprint density at radius 1 is 1.11 bits per heavy atom. The van der Waals surface area contributed by atoms with Crippen LogP contribution in [0.25, 0.3) is 0 Å². The zero-order chi connectivity index (χ0) is 28.3. The molecule has 0 aliphatic carbocycles. The fourth-order valence-electron chi connectivity index (χ4n) is 4.02. The number of rotatable bonds is 13. The molecule has 10 heteroatoms. The molecule has 4 amide bonds. The van der Waals surface area contributed by atoms with E-state index in [1.165, 1.54) is 4.90 Å². The lowest BCUT2D eigenvalue weighted by molar-refractivity contribution is -0.143. The lowest BCUT2D eigenvalue weighted by Crippen LogP contribution is -2.54. The molecule has 5 N–H and O–H groups in total. The predicted octanol–water partition coefficient (Wildman–Crippen LogP) is 2.63. The highest BCUT2D eigenvalue weighted by atomic mass is 16.6. The third kappa shape index (κ3) is 10.4. The summed E-state index contributed by atoms with van der Waals surface area (Å²) in [5, 5.41) is 15.4. The molecule has 10 nitrogen and oxygen atoms in total. The normalized spacial score (nSPS) is 13.7. The first kappa shape index (κ1) is 31.9. The molecule has 37 heavy (non-hydrogen) atoms. The summed E-state index contributed by atoms with van der Waals surface area (Å²) in [7, 11) is 0. The van der Waals surface area contributed by atoms with Gasteiger partial charge in [0.05, 0.1) is 6.61 Å². The van der Waals surface area contributed by atoms with Crippen LogP contribution >= 0.6 is 0 Å². The molecule has 0 saturated heterocycles. The molecule has 1 rings (SSSR count). The molecule has 0 fully saturated rings. The Labute approximate surface area is 220 Å². The number of nitrogens with one attached hydrogen (secondary N) is 2. The molecule has 0 aliphatic heterocycles. The van der Waals surface area contributed by atoms with Gasteiger partial charge in [0.2, 0.25) is 17.7 Å². The Morgan fingerprint density at radius 3 is 2.30 bits per heavy atom. The first-order valence-electron chi connectivity index (χ1n) is 12.8. The minimum Gasteiger partial charge on any atom is -0.444 e. The van der Waals surface area contributed by atoms with Gasteiger partial charge >= 0.3 is 6.09 Å². The van der Waals surface area contributed by atoms with E-state index in [9.17, 15) is 24.3 Å². The zero-order valence-corrected chi connectivity index (χ0v) is 23.2. The van der Waals surface area contributed by atoms with Crippen molar-refractivity contribution < 1.29 is 29.0 Å². The van der Waals surface area contributed by atoms with Crippen molar-refractivity contribution in [3.8, 4) is 0 Å². The Hall–Kier alpha value is -3.14. The number of primary amides is 1.